The second-order valence-electron chi connectivity index (χ2n) is 5.06. The lowest BCUT2D eigenvalue weighted by Gasteiger charge is -2.17. The normalized spacial score (nSPS) is 21.9. The zero-order valence-electron chi connectivity index (χ0n) is 11.0. The molecule has 0 aliphatic heterocycles. The summed E-state index contributed by atoms with van der Waals surface area (Å²) in [5, 5.41) is 5.50. The number of amides is 3. The summed E-state index contributed by atoms with van der Waals surface area (Å²) in [4.78, 5) is 22.9. The summed E-state index contributed by atoms with van der Waals surface area (Å²) >= 11 is 0. The quantitative estimate of drug-likeness (QED) is 0.778. The summed E-state index contributed by atoms with van der Waals surface area (Å²) in [6.07, 6.45) is 3.36. The Morgan fingerprint density at radius 1 is 1.32 bits per heavy atom. The van der Waals surface area contributed by atoms with E-state index in [1.165, 1.54) is 0 Å². The van der Waals surface area contributed by atoms with Crippen LogP contribution in [-0.4, -0.2) is 18.0 Å². The number of hydrogen-bond donors (Lipinski definition) is 3. The highest BCUT2D eigenvalue weighted by molar-refractivity contribution is 5.96. The van der Waals surface area contributed by atoms with Crippen molar-refractivity contribution in [3.05, 3.63) is 29.8 Å². The number of urea groups is 1. The molecule has 2 rings (SSSR count). The molecule has 3 amide bonds. The topological polar surface area (TPSA) is 84.2 Å². The van der Waals surface area contributed by atoms with Crippen LogP contribution in [0.1, 0.15) is 36.5 Å². The molecule has 19 heavy (non-hydrogen) atoms. The first-order valence-corrected chi connectivity index (χ1v) is 6.53. The molecule has 0 bridgehead atoms. The van der Waals surface area contributed by atoms with Crippen LogP contribution in [0.15, 0.2) is 24.3 Å². The van der Waals surface area contributed by atoms with E-state index in [0.717, 1.165) is 19.3 Å². The van der Waals surface area contributed by atoms with Gasteiger partial charge in [-0.3, -0.25) is 4.79 Å². The van der Waals surface area contributed by atoms with Gasteiger partial charge in [-0.05, 0) is 37.0 Å². The average molecular weight is 261 g/mol. The Bertz CT molecular complexity index is 487. The Balaban J connectivity index is 2.04. The fourth-order valence-corrected chi connectivity index (χ4v) is 2.49. The predicted molar refractivity (Wildman–Crippen MR) is 73.9 cm³/mol. The van der Waals surface area contributed by atoms with E-state index >= 15 is 0 Å². The molecule has 4 N–H and O–H groups in total. The van der Waals surface area contributed by atoms with Crippen LogP contribution >= 0.6 is 0 Å². The molecule has 1 aliphatic rings. The molecule has 1 aliphatic carbocycles. The third-order valence-electron chi connectivity index (χ3n) is 3.57. The summed E-state index contributed by atoms with van der Waals surface area (Å²) in [6, 6.07) is 6.38. The third-order valence-corrected chi connectivity index (χ3v) is 3.57. The van der Waals surface area contributed by atoms with Gasteiger partial charge in [0.1, 0.15) is 0 Å². The first kappa shape index (κ1) is 13.4. The largest absolute Gasteiger partial charge is 0.351 e. The van der Waals surface area contributed by atoms with Crippen molar-refractivity contribution in [1.82, 2.24) is 5.32 Å². The first-order valence-electron chi connectivity index (χ1n) is 6.53. The van der Waals surface area contributed by atoms with Gasteiger partial charge in [0.2, 0.25) is 0 Å². The maximum atomic E-state index is 12.1. The minimum atomic E-state index is -0.637. The number of anilines is 1. The van der Waals surface area contributed by atoms with Gasteiger partial charge >= 0.3 is 6.03 Å². The van der Waals surface area contributed by atoms with Gasteiger partial charge in [-0.25, -0.2) is 4.79 Å². The predicted octanol–water partition coefficient (Wildman–Crippen LogP) is 2.10. The van der Waals surface area contributed by atoms with E-state index in [-0.39, 0.29) is 11.9 Å². The maximum Gasteiger partial charge on any atom is 0.316 e. The highest BCUT2D eigenvalue weighted by Gasteiger charge is 2.25. The Kier molecular flexibility index (Phi) is 4.04. The van der Waals surface area contributed by atoms with E-state index in [0.29, 0.717) is 17.2 Å². The molecule has 1 saturated carbocycles. The number of nitrogens with two attached hydrogens (primary N) is 1. The summed E-state index contributed by atoms with van der Waals surface area (Å²) in [5.41, 5.74) is 6.11. The Morgan fingerprint density at radius 2 is 2.11 bits per heavy atom. The van der Waals surface area contributed by atoms with Crippen LogP contribution in [0.5, 0.6) is 0 Å². The van der Waals surface area contributed by atoms with Crippen molar-refractivity contribution in [2.45, 2.75) is 32.2 Å². The van der Waals surface area contributed by atoms with Gasteiger partial charge in [-0.1, -0.05) is 19.4 Å². The van der Waals surface area contributed by atoms with Crippen molar-refractivity contribution in [2.24, 2.45) is 11.7 Å². The molecule has 2 unspecified atom stereocenters. The van der Waals surface area contributed by atoms with Gasteiger partial charge in [0.25, 0.3) is 5.91 Å². The fraction of sp³-hybridized carbons (Fsp3) is 0.429. The summed E-state index contributed by atoms with van der Waals surface area (Å²) < 4.78 is 0. The molecule has 0 heterocycles. The van der Waals surface area contributed by atoms with Gasteiger partial charge in [-0.15, -0.1) is 0 Å². The van der Waals surface area contributed by atoms with Gasteiger partial charge in [0.05, 0.1) is 0 Å². The summed E-state index contributed by atoms with van der Waals surface area (Å²) in [5.74, 6) is 0.419. The smallest absolute Gasteiger partial charge is 0.316 e. The number of nitrogens with one attached hydrogen (secondary N) is 2. The number of carbonyl (C=O) groups excluding carboxylic acids is 2. The Labute approximate surface area is 112 Å². The van der Waals surface area contributed by atoms with E-state index < -0.39 is 6.03 Å². The van der Waals surface area contributed by atoms with Crippen molar-refractivity contribution in [1.29, 1.82) is 0 Å². The molecule has 0 saturated heterocycles. The fourth-order valence-electron chi connectivity index (χ4n) is 2.49. The van der Waals surface area contributed by atoms with Crippen molar-refractivity contribution >= 4 is 17.6 Å². The Hall–Kier alpha value is -2.04. The molecule has 102 valence electrons. The van der Waals surface area contributed by atoms with Crippen molar-refractivity contribution < 1.29 is 9.59 Å². The molecule has 5 heteroatoms. The van der Waals surface area contributed by atoms with Crippen molar-refractivity contribution in [3.63, 3.8) is 0 Å². The molecule has 0 aromatic heterocycles. The van der Waals surface area contributed by atoms with Crippen LogP contribution in [0.2, 0.25) is 0 Å². The van der Waals surface area contributed by atoms with Crippen LogP contribution in [0.25, 0.3) is 0 Å². The second-order valence-corrected chi connectivity index (χ2v) is 5.06. The minimum absolute atomic E-state index is 0.105. The number of hydrogen-bond acceptors (Lipinski definition) is 2. The molecule has 1 aromatic rings. The lowest BCUT2D eigenvalue weighted by atomic mass is 10.1. The van der Waals surface area contributed by atoms with Crippen LogP contribution in [0.4, 0.5) is 10.5 Å². The lowest BCUT2D eigenvalue weighted by Crippen LogP contribution is -2.36. The number of rotatable bonds is 3. The SMILES string of the molecule is CC1CCCC1NC(=O)c1cccc(NC(N)=O)c1. The summed E-state index contributed by atoms with van der Waals surface area (Å²) in [7, 11) is 0. The van der Waals surface area contributed by atoms with Gasteiger partial charge in [-0.2, -0.15) is 0 Å². The monoisotopic (exact) mass is 261 g/mol. The molecule has 5 nitrogen and oxygen atoms in total. The average Bonchev–Trinajstić information content (AvgIpc) is 2.74. The van der Waals surface area contributed by atoms with E-state index in [1.54, 1.807) is 24.3 Å². The number of primary amides is 1. The van der Waals surface area contributed by atoms with E-state index in [2.05, 4.69) is 17.6 Å². The number of benzene rings is 1. The van der Waals surface area contributed by atoms with Crippen molar-refractivity contribution in [3.8, 4) is 0 Å². The molecule has 0 radical (unpaired) electrons. The number of carbonyl (C=O) groups is 2. The van der Waals surface area contributed by atoms with Crippen molar-refractivity contribution in [2.75, 3.05) is 5.32 Å². The summed E-state index contributed by atoms with van der Waals surface area (Å²) in [6.45, 7) is 2.16. The zero-order valence-corrected chi connectivity index (χ0v) is 11.0. The maximum absolute atomic E-state index is 12.1. The van der Waals surface area contributed by atoms with E-state index in [1.807, 2.05) is 0 Å². The van der Waals surface area contributed by atoms with Crippen LogP contribution in [0.3, 0.4) is 0 Å². The third kappa shape index (κ3) is 3.47. The highest BCUT2D eigenvalue weighted by Crippen LogP contribution is 2.25. The molecule has 1 aromatic carbocycles. The molecule has 1 fully saturated rings. The standard InChI is InChI=1S/C14H19N3O2/c1-9-4-2-7-12(9)17-13(18)10-5-3-6-11(8-10)16-14(15)19/h3,5-6,8-9,12H,2,4,7H2,1H3,(H,17,18)(H3,15,16,19). The van der Waals surface area contributed by atoms with Crippen LogP contribution in [-0.2, 0) is 0 Å². The molecule has 2 atom stereocenters. The van der Waals surface area contributed by atoms with Crippen LogP contribution < -0.4 is 16.4 Å². The van der Waals surface area contributed by atoms with Gasteiger partial charge in [0.15, 0.2) is 0 Å². The van der Waals surface area contributed by atoms with Crippen LogP contribution in [0, 0.1) is 5.92 Å². The van der Waals surface area contributed by atoms with Gasteiger partial charge in [0, 0.05) is 17.3 Å². The zero-order chi connectivity index (χ0) is 13.8. The highest BCUT2D eigenvalue weighted by atomic mass is 16.2. The van der Waals surface area contributed by atoms with E-state index in [4.69, 9.17) is 5.73 Å². The molecule has 0 spiro atoms. The minimum Gasteiger partial charge on any atom is -0.351 e. The van der Waals surface area contributed by atoms with Gasteiger partial charge < -0.3 is 16.4 Å². The lowest BCUT2D eigenvalue weighted by molar-refractivity contribution is 0.0929. The molecular formula is C14H19N3O2. The second kappa shape index (κ2) is 5.73. The first-order chi connectivity index (χ1) is 9.06. The Morgan fingerprint density at radius 3 is 2.74 bits per heavy atom. The van der Waals surface area contributed by atoms with E-state index in [9.17, 15) is 9.59 Å². The molecular weight excluding hydrogens is 242 g/mol.